The summed E-state index contributed by atoms with van der Waals surface area (Å²) in [4.78, 5) is 8.34. The van der Waals surface area contributed by atoms with Crippen LogP contribution in [-0.2, 0) is 10.0 Å². The van der Waals surface area contributed by atoms with Crippen LogP contribution in [-0.4, -0.2) is 61.8 Å². The average Bonchev–Trinajstić information content (AvgIpc) is 2.69. The molecule has 0 aliphatic carbocycles. The molecule has 1 N–H and O–H groups in total. The summed E-state index contributed by atoms with van der Waals surface area (Å²) in [7, 11) is 2.10. The van der Waals surface area contributed by atoms with E-state index < -0.39 is 10.0 Å². The third-order valence-corrected chi connectivity index (χ3v) is 4.02. The molecule has 7 heteroatoms. The molecule has 0 spiro atoms. The maximum atomic E-state index is 11.9. The summed E-state index contributed by atoms with van der Waals surface area (Å²) >= 11 is 0. The lowest BCUT2D eigenvalue weighted by atomic mass is 10.4. The van der Waals surface area contributed by atoms with E-state index in [0.717, 1.165) is 13.0 Å². The molecule has 0 saturated carbocycles. The fourth-order valence-electron chi connectivity index (χ4n) is 1.28. The SMILES string of the molecule is CN(C)CCCN(C)S(=O)(=O)c1cnc[nH]1. The zero-order valence-corrected chi connectivity index (χ0v) is 10.7. The van der Waals surface area contributed by atoms with Crippen molar-refractivity contribution >= 4 is 10.0 Å². The Kier molecular flexibility index (Phi) is 4.45. The van der Waals surface area contributed by atoms with E-state index in [1.54, 1.807) is 7.05 Å². The van der Waals surface area contributed by atoms with Crippen LogP contribution in [0.4, 0.5) is 0 Å². The number of nitrogens with zero attached hydrogens (tertiary/aromatic N) is 3. The Morgan fingerprint density at radius 2 is 2.00 bits per heavy atom. The lowest BCUT2D eigenvalue weighted by Crippen LogP contribution is -2.30. The summed E-state index contributed by atoms with van der Waals surface area (Å²) in [5.41, 5.74) is 0. The minimum Gasteiger partial charge on any atom is -0.335 e. The Bertz CT molecular complexity index is 399. The van der Waals surface area contributed by atoms with Gasteiger partial charge in [-0.05, 0) is 27.1 Å². The average molecular weight is 246 g/mol. The second-order valence-corrected chi connectivity index (χ2v) is 5.91. The van der Waals surface area contributed by atoms with Crippen molar-refractivity contribution in [2.45, 2.75) is 11.4 Å². The highest BCUT2D eigenvalue weighted by atomic mass is 32.2. The van der Waals surface area contributed by atoms with Crippen molar-refractivity contribution in [3.05, 3.63) is 12.5 Å². The zero-order valence-electron chi connectivity index (χ0n) is 9.84. The lowest BCUT2D eigenvalue weighted by Gasteiger charge is -2.17. The molecule has 0 aliphatic heterocycles. The van der Waals surface area contributed by atoms with Gasteiger partial charge in [-0.15, -0.1) is 0 Å². The third kappa shape index (κ3) is 3.29. The Balaban J connectivity index is 2.57. The van der Waals surface area contributed by atoms with Crippen molar-refractivity contribution in [1.29, 1.82) is 0 Å². The monoisotopic (exact) mass is 246 g/mol. The van der Waals surface area contributed by atoms with E-state index in [1.165, 1.54) is 16.8 Å². The molecule has 1 aromatic heterocycles. The highest BCUT2D eigenvalue weighted by molar-refractivity contribution is 7.89. The van der Waals surface area contributed by atoms with E-state index in [-0.39, 0.29) is 5.03 Å². The van der Waals surface area contributed by atoms with Crippen molar-refractivity contribution in [1.82, 2.24) is 19.2 Å². The van der Waals surface area contributed by atoms with E-state index in [1.807, 2.05) is 19.0 Å². The van der Waals surface area contributed by atoms with Crippen LogP contribution in [0.15, 0.2) is 17.6 Å². The zero-order chi connectivity index (χ0) is 12.2. The number of imidazole rings is 1. The van der Waals surface area contributed by atoms with Gasteiger partial charge in [0.2, 0.25) is 0 Å². The van der Waals surface area contributed by atoms with Crippen LogP contribution in [0, 0.1) is 0 Å². The molecule has 0 radical (unpaired) electrons. The molecule has 0 aromatic carbocycles. The van der Waals surface area contributed by atoms with Crippen LogP contribution in [0.2, 0.25) is 0 Å². The van der Waals surface area contributed by atoms with Gasteiger partial charge in [-0.3, -0.25) is 0 Å². The summed E-state index contributed by atoms with van der Waals surface area (Å²) < 4.78 is 25.2. The van der Waals surface area contributed by atoms with E-state index >= 15 is 0 Å². The van der Waals surface area contributed by atoms with Crippen molar-refractivity contribution in [3.8, 4) is 0 Å². The number of nitrogens with one attached hydrogen (secondary N) is 1. The molecule has 1 rings (SSSR count). The van der Waals surface area contributed by atoms with Crippen LogP contribution in [0.1, 0.15) is 6.42 Å². The van der Waals surface area contributed by atoms with Gasteiger partial charge in [0.05, 0.1) is 12.5 Å². The van der Waals surface area contributed by atoms with Crippen LogP contribution in [0.5, 0.6) is 0 Å². The maximum absolute atomic E-state index is 11.9. The van der Waals surface area contributed by atoms with Gasteiger partial charge in [0.1, 0.15) is 0 Å². The van der Waals surface area contributed by atoms with E-state index in [0.29, 0.717) is 6.54 Å². The highest BCUT2D eigenvalue weighted by Gasteiger charge is 2.21. The molecule has 0 fully saturated rings. The molecule has 0 aliphatic rings. The Hall–Kier alpha value is -0.920. The van der Waals surface area contributed by atoms with Gasteiger partial charge < -0.3 is 9.88 Å². The predicted octanol–water partition coefficient (Wildman–Crippen LogP) is -0.0181. The fraction of sp³-hybridized carbons (Fsp3) is 0.667. The fourth-order valence-corrected chi connectivity index (χ4v) is 2.38. The van der Waals surface area contributed by atoms with Crippen LogP contribution >= 0.6 is 0 Å². The van der Waals surface area contributed by atoms with Crippen molar-refractivity contribution in [2.24, 2.45) is 0 Å². The number of hydrogen-bond donors (Lipinski definition) is 1. The third-order valence-electron chi connectivity index (χ3n) is 2.24. The number of aromatic amines is 1. The molecular formula is C9H18N4O2S. The summed E-state index contributed by atoms with van der Waals surface area (Å²) in [5, 5.41) is 0.139. The summed E-state index contributed by atoms with van der Waals surface area (Å²) in [5.74, 6) is 0. The molecule has 1 heterocycles. The molecule has 6 nitrogen and oxygen atoms in total. The summed E-state index contributed by atoms with van der Waals surface area (Å²) in [6.45, 7) is 1.36. The van der Waals surface area contributed by atoms with E-state index in [4.69, 9.17) is 0 Å². The van der Waals surface area contributed by atoms with Gasteiger partial charge >= 0.3 is 0 Å². The summed E-state index contributed by atoms with van der Waals surface area (Å²) in [6, 6.07) is 0. The molecule has 0 bridgehead atoms. The molecule has 1 aromatic rings. The van der Waals surface area contributed by atoms with Gasteiger partial charge in [-0.2, -0.15) is 4.31 Å². The molecule has 16 heavy (non-hydrogen) atoms. The lowest BCUT2D eigenvalue weighted by molar-refractivity contribution is 0.370. The molecule has 92 valence electrons. The van der Waals surface area contributed by atoms with Crippen molar-refractivity contribution < 1.29 is 8.42 Å². The molecule has 0 atom stereocenters. The van der Waals surface area contributed by atoms with Gasteiger partial charge in [-0.25, -0.2) is 13.4 Å². The molecular weight excluding hydrogens is 228 g/mol. The van der Waals surface area contributed by atoms with Gasteiger partial charge in [0, 0.05) is 13.6 Å². The first-order valence-corrected chi connectivity index (χ1v) is 6.48. The second-order valence-electron chi connectivity index (χ2n) is 3.90. The normalized spacial score (nSPS) is 12.6. The Morgan fingerprint density at radius 3 is 2.50 bits per heavy atom. The van der Waals surface area contributed by atoms with Crippen LogP contribution in [0.25, 0.3) is 0 Å². The number of hydrogen-bond acceptors (Lipinski definition) is 4. The van der Waals surface area contributed by atoms with Crippen LogP contribution in [0.3, 0.4) is 0 Å². The minimum atomic E-state index is -3.40. The number of aromatic nitrogens is 2. The van der Waals surface area contributed by atoms with E-state index in [9.17, 15) is 8.42 Å². The quantitative estimate of drug-likeness (QED) is 0.766. The predicted molar refractivity (Wildman–Crippen MR) is 61.6 cm³/mol. The van der Waals surface area contributed by atoms with E-state index in [2.05, 4.69) is 9.97 Å². The Labute approximate surface area is 96.3 Å². The van der Waals surface area contributed by atoms with Crippen molar-refractivity contribution in [2.75, 3.05) is 34.2 Å². The van der Waals surface area contributed by atoms with Gasteiger partial charge in [-0.1, -0.05) is 0 Å². The number of H-pyrrole nitrogens is 1. The standard InChI is InChI=1S/C9H18N4O2S/c1-12(2)5-4-6-13(3)16(14,15)9-7-10-8-11-9/h7-8H,4-6H2,1-3H3,(H,10,11). The largest absolute Gasteiger partial charge is 0.335 e. The molecule has 0 amide bonds. The smallest absolute Gasteiger partial charge is 0.259 e. The first-order valence-electron chi connectivity index (χ1n) is 5.04. The van der Waals surface area contributed by atoms with Crippen LogP contribution < -0.4 is 0 Å². The van der Waals surface area contributed by atoms with Crippen molar-refractivity contribution in [3.63, 3.8) is 0 Å². The van der Waals surface area contributed by atoms with Gasteiger partial charge in [0.25, 0.3) is 10.0 Å². The number of rotatable bonds is 6. The molecule has 0 saturated heterocycles. The number of sulfonamides is 1. The first-order chi connectivity index (χ1) is 7.44. The Morgan fingerprint density at radius 1 is 1.31 bits per heavy atom. The second kappa shape index (κ2) is 5.42. The molecule has 0 unspecified atom stereocenters. The van der Waals surface area contributed by atoms with Gasteiger partial charge in [0.15, 0.2) is 5.03 Å². The maximum Gasteiger partial charge on any atom is 0.259 e. The minimum absolute atomic E-state index is 0.139. The highest BCUT2D eigenvalue weighted by Crippen LogP contribution is 2.09. The topological polar surface area (TPSA) is 69.3 Å². The summed E-state index contributed by atoms with van der Waals surface area (Å²) in [6.07, 6.45) is 3.48. The first kappa shape index (κ1) is 13.1.